The van der Waals surface area contributed by atoms with E-state index in [2.05, 4.69) is 5.32 Å². The number of methoxy groups -OCH3 is 1. The molecule has 0 spiro atoms. The maximum absolute atomic E-state index is 12.7. The first-order valence-electron chi connectivity index (χ1n) is 9.52. The zero-order valence-corrected chi connectivity index (χ0v) is 15.7. The Morgan fingerprint density at radius 1 is 1.00 bits per heavy atom. The predicted molar refractivity (Wildman–Crippen MR) is 105 cm³/mol. The molecule has 0 aromatic heterocycles. The number of ether oxygens (including phenoxy) is 1. The Kier molecular flexibility index (Phi) is 4.86. The van der Waals surface area contributed by atoms with Gasteiger partial charge < -0.3 is 10.1 Å². The van der Waals surface area contributed by atoms with Gasteiger partial charge in [0.1, 0.15) is 5.75 Å². The molecule has 2 aromatic carbocycles. The lowest BCUT2D eigenvalue weighted by Gasteiger charge is -2.19. The van der Waals surface area contributed by atoms with E-state index in [0.717, 1.165) is 25.7 Å². The van der Waals surface area contributed by atoms with Crippen LogP contribution < -0.4 is 15.0 Å². The van der Waals surface area contributed by atoms with Gasteiger partial charge in [0, 0.05) is 17.3 Å². The summed E-state index contributed by atoms with van der Waals surface area (Å²) in [6.07, 6.45) is 3.56. The molecule has 1 heterocycles. The molecule has 28 heavy (non-hydrogen) atoms. The van der Waals surface area contributed by atoms with Crippen LogP contribution in [0.15, 0.2) is 48.5 Å². The van der Waals surface area contributed by atoms with Crippen LogP contribution in [0, 0.1) is 11.8 Å². The molecule has 4 rings (SSSR count). The highest BCUT2D eigenvalue weighted by atomic mass is 16.5. The van der Waals surface area contributed by atoms with Crippen molar-refractivity contribution in [3.8, 4) is 5.75 Å². The third-order valence-electron chi connectivity index (χ3n) is 5.56. The number of hydrogen-bond donors (Lipinski definition) is 1. The maximum atomic E-state index is 12.7. The van der Waals surface area contributed by atoms with Crippen LogP contribution in [0.4, 0.5) is 11.4 Å². The third kappa shape index (κ3) is 3.26. The number of fused-ring (bicyclic) bond motifs is 1. The van der Waals surface area contributed by atoms with Crippen LogP contribution in [-0.4, -0.2) is 24.8 Å². The van der Waals surface area contributed by atoms with E-state index in [0.29, 0.717) is 22.7 Å². The average molecular weight is 378 g/mol. The average Bonchev–Trinajstić information content (AvgIpc) is 2.99. The lowest BCUT2D eigenvalue weighted by molar-refractivity contribution is -0.122. The summed E-state index contributed by atoms with van der Waals surface area (Å²) in [6, 6.07) is 13.7. The second-order valence-corrected chi connectivity index (χ2v) is 7.24. The van der Waals surface area contributed by atoms with Crippen LogP contribution in [0.25, 0.3) is 0 Å². The van der Waals surface area contributed by atoms with E-state index < -0.39 is 0 Å². The number of rotatable bonds is 4. The van der Waals surface area contributed by atoms with Crippen molar-refractivity contribution < 1.29 is 19.1 Å². The molecule has 144 valence electrons. The highest BCUT2D eigenvalue weighted by Gasteiger charge is 2.48. The molecule has 2 fully saturated rings. The van der Waals surface area contributed by atoms with Crippen molar-refractivity contribution >= 4 is 29.1 Å². The third-order valence-corrected chi connectivity index (χ3v) is 5.56. The lowest BCUT2D eigenvalue weighted by Crippen LogP contribution is -2.30. The van der Waals surface area contributed by atoms with Gasteiger partial charge in [-0.15, -0.1) is 0 Å². The molecule has 6 nitrogen and oxygen atoms in total. The Balaban J connectivity index is 1.50. The molecule has 1 aliphatic carbocycles. The smallest absolute Gasteiger partial charge is 0.255 e. The minimum absolute atomic E-state index is 0.108. The van der Waals surface area contributed by atoms with Gasteiger partial charge in [0.25, 0.3) is 5.91 Å². The van der Waals surface area contributed by atoms with Crippen molar-refractivity contribution in [2.24, 2.45) is 11.8 Å². The van der Waals surface area contributed by atoms with Gasteiger partial charge in [0.2, 0.25) is 11.8 Å². The number of benzene rings is 2. The fourth-order valence-corrected chi connectivity index (χ4v) is 4.08. The van der Waals surface area contributed by atoms with Crippen LogP contribution in [0.3, 0.4) is 0 Å². The Labute approximate surface area is 163 Å². The van der Waals surface area contributed by atoms with Crippen LogP contribution in [-0.2, 0) is 9.59 Å². The van der Waals surface area contributed by atoms with Crippen molar-refractivity contribution in [1.29, 1.82) is 0 Å². The van der Waals surface area contributed by atoms with Gasteiger partial charge in [-0.1, -0.05) is 18.9 Å². The summed E-state index contributed by atoms with van der Waals surface area (Å²) in [7, 11) is 1.57. The Hall–Kier alpha value is -3.15. The summed E-state index contributed by atoms with van der Waals surface area (Å²) in [6.45, 7) is 0. The molecule has 1 saturated carbocycles. The van der Waals surface area contributed by atoms with Crippen molar-refractivity contribution in [3.05, 3.63) is 54.1 Å². The van der Waals surface area contributed by atoms with Gasteiger partial charge in [-0.05, 0) is 49.2 Å². The monoisotopic (exact) mass is 378 g/mol. The zero-order valence-electron chi connectivity index (χ0n) is 15.7. The first-order chi connectivity index (χ1) is 13.6. The van der Waals surface area contributed by atoms with Crippen molar-refractivity contribution in [1.82, 2.24) is 0 Å². The van der Waals surface area contributed by atoms with E-state index in [1.165, 1.54) is 4.90 Å². The minimum atomic E-state index is -0.271. The van der Waals surface area contributed by atoms with Crippen LogP contribution >= 0.6 is 0 Å². The normalized spacial score (nSPS) is 21.4. The Morgan fingerprint density at radius 3 is 2.25 bits per heavy atom. The quantitative estimate of drug-likeness (QED) is 0.825. The Morgan fingerprint density at radius 2 is 1.64 bits per heavy atom. The number of anilines is 2. The molecule has 0 bridgehead atoms. The molecule has 1 saturated heterocycles. The van der Waals surface area contributed by atoms with Gasteiger partial charge in [0.15, 0.2) is 0 Å². The number of nitrogens with zero attached hydrogens (tertiary/aromatic N) is 1. The first-order valence-corrected chi connectivity index (χ1v) is 9.52. The second-order valence-electron chi connectivity index (χ2n) is 7.24. The van der Waals surface area contributed by atoms with Crippen molar-refractivity contribution in [3.63, 3.8) is 0 Å². The molecule has 2 atom stereocenters. The standard InChI is InChI=1S/C22H22N2O4/c1-28-17-6-4-5-15(13-17)23-20(25)14-9-11-16(12-10-14)24-21(26)18-7-2-3-8-19(18)22(24)27/h4-6,9-13,18-19H,2-3,7-8H2,1H3,(H,23,25)/t18-,19-/m0/s1. The molecule has 0 radical (unpaired) electrons. The first kappa shape index (κ1) is 18.2. The van der Waals surface area contributed by atoms with Gasteiger partial charge in [0.05, 0.1) is 24.6 Å². The summed E-state index contributed by atoms with van der Waals surface area (Å²) < 4.78 is 5.15. The molecular formula is C22H22N2O4. The largest absolute Gasteiger partial charge is 0.497 e. The van der Waals surface area contributed by atoms with E-state index in [-0.39, 0.29) is 29.6 Å². The number of imide groups is 1. The summed E-state index contributed by atoms with van der Waals surface area (Å²) in [5.41, 5.74) is 1.60. The predicted octanol–water partition coefficient (Wildman–Crippen LogP) is 3.63. The van der Waals surface area contributed by atoms with E-state index in [4.69, 9.17) is 4.74 Å². The summed E-state index contributed by atoms with van der Waals surface area (Å²) >= 11 is 0. The number of nitrogens with one attached hydrogen (secondary N) is 1. The Bertz CT molecular complexity index is 898. The summed E-state index contributed by atoms with van der Waals surface area (Å²) in [5.74, 6) is -0.200. The number of carbonyl (C=O) groups is 3. The highest BCUT2D eigenvalue weighted by molar-refractivity contribution is 6.22. The second kappa shape index (κ2) is 7.46. The summed E-state index contributed by atoms with van der Waals surface area (Å²) in [5, 5.41) is 2.81. The number of hydrogen-bond acceptors (Lipinski definition) is 4. The van der Waals surface area contributed by atoms with Gasteiger partial charge in [-0.2, -0.15) is 0 Å². The summed E-state index contributed by atoms with van der Waals surface area (Å²) in [4.78, 5) is 39.1. The molecule has 2 aliphatic rings. The lowest BCUT2D eigenvalue weighted by atomic mass is 9.81. The van der Waals surface area contributed by atoms with Crippen molar-refractivity contribution in [2.45, 2.75) is 25.7 Å². The minimum Gasteiger partial charge on any atom is -0.497 e. The number of amides is 3. The van der Waals surface area contributed by atoms with Crippen molar-refractivity contribution in [2.75, 3.05) is 17.3 Å². The van der Waals surface area contributed by atoms with E-state index in [1.54, 1.807) is 55.6 Å². The topological polar surface area (TPSA) is 75.7 Å². The zero-order chi connectivity index (χ0) is 19.7. The molecular weight excluding hydrogens is 356 g/mol. The maximum Gasteiger partial charge on any atom is 0.255 e. The number of carbonyl (C=O) groups excluding carboxylic acids is 3. The van der Waals surface area contributed by atoms with E-state index >= 15 is 0 Å². The molecule has 1 aliphatic heterocycles. The highest BCUT2D eigenvalue weighted by Crippen LogP contribution is 2.40. The van der Waals surface area contributed by atoms with Crippen LogP contribution in [0.1, 0.15) is 36.0 Å². The molecule has 1 N–H and O–H groups in total. The van der Waals surface area contributed by atoms with Gasteiger partial charge in [-0.25, -0.2) is 0 Å². The molecule has 2 aromatic rings. The molecule has 6 heteroatoms. The van der Waals surface area contributed by atoms with E-state index in [9.17, 15) is 14.4 Å². The van der Waals surface area contributed by atoms with Crippen LogP contribution in [0.2, 0.25) is 0 Å². The molecule has 0 unspecified atom stereocenters. The fraction of sp³-hybridized carbons (Fsp3) is 0.318. The van der Waals surface area contributed by atoms with Crippen LogP contribution in [0.5, 0.6) is 5.75 Å². The SMILES string of the molecule is COc1cccc(NC(=O)c2ccc(N3C(=O)[C@H]4CCCC[C@@H]4C3=O)cc2)c1. The van der Waals surface area contributed by atoms with Gasteiger partial charge in [-0.3, -0.25) is 19.3 Å². The molecule has 3 amide bonds. The van der Waals surface area contributed by atoms with E-state index in [1.807, 2.05) is 0 Å². The fourth-order valence-electron chi connectivity index (χ4n) is 4.08. The van der Waals surface area contributed by atoms with Gasteiger partial charge >= 0.3 is 0 Å².